The molecule has 0 saturated heterocycles. The van der Waals surface area contributed by atoms with Crippen LogP contribution in [0.5, 0.6) is 5.75 Å². The molecular formula is C13H12ClF3N4O2. The third kappa shape index (κ3) is 4.35. The molecule has 1 unspecified atom stereocenters. The van der Waals surface area contributed by atoms with Crippen LogP contribution in [0.3, 0.4) is 0 Å². The Morgan fingerprint density at radius 2 is 2.13 bits per heavy atom. The minimum absolute atomic E-state index is 0.271. The van der Waals surface area contributed by atoms with Gasteiger partial charge in [-0.1, -0.05) is 30.7 Å². The summed E-state index contributed by atoms with van der Waals surface area (Å²) in [6, 6.07) is 6.54. The first-order valence-electron chi connectivity index (χ1n) is 6.53. The Morgan fingerprint density at radius 3 is 2.70 bits per heavy atom. The molecule has 23 heavy (non-hydrogen) atoms. The number of amides is 1. The van der Waals surface area contributed by atoms with Gasteiger partial charge in [0, 0.05) is 0 Å². The topological polar surface area (TPSA) is 79.9 Å². The van der Waals surface area contributed by atoms with Crippen molar-refractivity contribution in [3.05, 3.63) is 35.1 Å². The SMILES string of the molecule is CCC(Oc1ccccc1Cl)C(=O)Nc1n[nH]c(C(F)(F)F)n1. The van der Waals surface area contributed by atoms with Crippen LogP contribution < -0.4 is 10.1 Å². The first-order valence-corrected chi connectivity index (χ1v) is 6.90. The molecule has 10 heteroatoms. The van der Waals surface area contributed by atoms with Gasteiger partial charge in [-0.15, -0.1) is 5.10 Å². The number of carbonyl (C=O) groups excluding carboxylic acids is 1. The van der Waals surface area contributed by atoms with Crippen LogP contribution in [-0.4, -0.2) is 27.2 Å². The van der Waals surface area contributed by atoms with Crippen molar-refractivity contribution in [2.45, 2.75) is 25.6 Å². The van der Waals surface area contributed by atoms with Crippen LogP contribution in [-0.2, 0) is 11.0 Å². The number of ether oxygens (including phenoxy) is 1. The van der Waals surface area contributed by atoms with Crippen LogP contribution in [0, 0.1) is 0 Å². The van der Waals surface area contributed by atoms with E-state index in [9.17, 15) is 18.0 Å². The van der Waals surface area contributed by atoms with Crippen molar-refractivity contribution in [2.75, 3.05) is 5.32 Å². The molecule has 2 aromatic rings. The number of nitrogens with one attached hydrogen (secondary N) is 2. The van der Waals surface area contributed by atoms with Gasteiger partial charge in [-0.25, -0.2) is 0 Å². The van der Waals surface area contributed by atoms with Crippen molar-refractivity contribution in [1.82, 2.24) is 15.2 Å². The maximum Gasteiger partial charge on any atom is 0.451 e. The van der Waals surface area contributed by atoms with Crippen molar-refractivity contribution >= 4 is 23.5 Å². The monoisotopic (exact) mass is 348 g/mol. The van der Waals surface area contributed by atoms with Gasteiger partial charge >= 0.3 is 6.18 Å². The van der Waals surface area contributed by atoms with Gasteiger partial charge in [-0.3, -0.25) is 15.2 Å². The minimum Gasteiger partial charge on any atom is -0.479 e. The van der Waals surface area contributed by atoms with Crippen LogP contribution in [0.2, 0.25) is 5.02 Å². The second-order valence-electron chi connectivity index (χ2n) is 4.44. The molecule has 1 heterocycles. The van der Waals surface area contributed by atoms with Gasteiger partial charge in [0.15, 0.2) is 6.10 Å². The number of halogens is 4. The fourth-order valence-corrected chi connectivity index (χ4v) is 1.83. The largest absolute Gasteiger partial charge is 0.479 e. The first kappa shape index (κ1) is 17.1. The van der Waals surface area contributed by atoms with Crippen molar-refractivity contribution in [2.24, 2.45) is 0 Å². The second-order valence-corrected chi connectivity index (χ2v) is 4.85. The van der Waals surface area contributed by atoms with Crippen molar-refractivity contribution in [3.8, 4) is 5.75 Å². The predicted molar refractivity (Wildman–Crippen MR) is 76.2 cm³/mol. The molecule has 0 spiro atoms. The van der Waals surface area contributed by atoms with E-state index in [1.807, 2.05) is 0 Å². The summed E-state index contributed by atoms with van der Waals surface area (Å²) in [6.45, 7) is 1.68. The van der Waals surface area contributed by atoms with Crippen LogP contribution in [0.25, 0.3) is 0 Å². The lowest BCUT2D eigenvalue weighted by Gasteiger charge is -2.16. The van der Waals surface area contributed by atoms with E-state index in [1.165, 1.54) is 0 Å². The molecule has 124 valence electrons. The number of para-hydroxylation sites is 1. The maximum atomic E-state index is 12.4. The Balaban J connectivity index is 2.06. The first-order chi connectivity index (χ1) is 10.8. The molecular weight excluding hydrogens is 337 g/mol. The normalized spacial score (nSPS) is 12.7. The second kappa shape index (κ2) is 6.86. The van der Waals surface area contributed by atoms with Gasteiger partial charge in [0.1, 0.15) is 5.75 Å². The Kier molecular flexibility index (Phi) is 5.09. The van der Waals surface area contributed by atoms with Crippen LogP contribution in [0.4, 0.5) is 19.1 Å². The van der Waals surface area contributed by atoms with E-state index >= 15 is 0 Å². The molecule has 2 N–H and O–H groups in total. The lowest BCUT2D eigenvalue weighted by Crippen LogP contribution is -2.32. The number of anilines is 1. The molecule has 6 nitrogen and oxygen atoms in total. The fourth-order valence-electron chi connectivity index (χ4n) is 1.65. The standard InChI is InChI=1S/C13H12ClF3N4O2/c1-2-8(23-9-6-4-3-5-7(9)14)10(22)18-12-19-11(20-21-12)13(15,16)17/h3-6,8H,2H2,1H3,(H2,18,19,20,21,22). The molecule has 0 fully saturated rings. The lowest BCUT2D eigenvalue weighted by atomic mass is 10.2. The van der Waals surface area contributed by atoms with E-state index in [0.717, 1.165) is 0 Å². The summed E-state index contributed by atoms with van der Waals surface area (Å²) >= 11 is 5.93. The summed E-state index contributed by atoms with van der Waals surface area (Å²) in [4.78, 5) is 15.2. The Hall–Kier alpha value is -2.29. The van der Waals surface area contributed by atoms with Crippen molar-refractivity contribution < 1.29 is 22.7 Å². The number of hydrogen-bond acceptors (Lipinski definition) is 4. The number of aromatic amines is 1. The van der Waals surface area contributed by atoms with E-state index < -0.39 is 30.0 Å². The number of nitrogens with zero attached hydrogens (tertiary/aromatic N) is 2. The zero-order valence-electron chi connectivity index (χ0n) is 11.8. The Labute approximate surface area is 134 Å². The third-order valence-corrected chi connectivity index (χ3v) is 3.07. The molecule has 0 bridgehead atoms. The van der Waals surface area contributed by atoms with Gasteiger partial charge in [0.2, 0.25) is 11.8 Å². The number of alkyl halides is 3. The van der Waals surface area contributed by atoms with Crippen LogP contribution in [0.15, 0.2) is 24.3 Å². The zero-order valence-corrected chi connectivity index (χ0v) is 12.6. The number of hydrogen-bond donors (Lipinski definition) is 2. The average Bonchev–Trinajstić information content (AvgIpc) is 2.95. The molecule has 0 radical (unpaired) electrons. The van der Waals surface area contributed by atoms with Gasteiger partial charge < -0.3 is 4.74 Å². The summed E-state index contributed by atoms with van der Waals surface area (Å²) in [5, 5.41) is 7.48. The summed E-state index contributed by atoms with van der Waals surface area (Å²) in [5.41, 5.74) is 0. The van der Waals surface area contributed by atoms with Crippen LogP contribution in [0.1, 0.15) is 19.2 Å². The molecule has 1 aromatic heterocycles. The number of benzene rings is 1. The van der Waals surface area contributed by atoms with Gasteiger partial charge in [0.05, 0.1) is 5.02 Å². The summed E-state index contributed by atoms with van der Waals surface area (Å²) < 4.78 is 42.7. The number of carbonyl (C=O) groups is 1. The highest BCUT2D eigenvalue weighted by Crippen LogP contribution is 2.27. The van der Waals surface area contributed by atoms with E-state index in [4.69, 9.17) is 16.3 Å². The average molecular weight is 349 g/mol. The van der Waals surface area contributed by atoms with E-state index in [1.54, 1.807) is 36.3 Å². The van der Waals surface area contributed by atoms with Gasteiger partial charge in [-0.2, -0.15) is 18.2 Å². The quantitative estimate of drug-likeness (QED) is 0.869. The van der Waals surface area contributed by atoms with Crippen LogP contribution >= 0.6 is 11.6 Å². The third-order valence-electron chi connectivity index (χ3n) is 2.76. The van der Waals surface area contributed by atoms with Gasteiger partial charge in [0.25, 0.3) is 5.91 Å². The lowest BCUT2D eigenvalue weighted by molar-refractivity contribution is -0.144. The van der Waals surface area contributed by atoms with Crippen molar-refractivity contribution in [3.63, 3.8) is 0 Å². The molecule has 1 amide bonds. The molecule has 1 atom stereocenters. The molecule has 0 aliphatic heterocycles. The number of H-pyrrole nitrogens is 1. The highest BCUT2D eigenvalue weighted by Gasteiger charge is 2.35. The minimum atomic E-state index is -4.67. The summed E-state index contributed by atoms with van der Waals surface area (Å²) in [5.74, 6) is -2.17. The Morgan fingerprint density at radius 1 is 1.43 bits per heavy atom. The Bertz CT molecular complexity index is 690. The maximum absolute atomic E-state index is 12.4. The van der Waals surface area contributed by atoms with Crippen molar-refractivity contribution in [1.29, 1.82) is 0 Å². The highest BCUT2D eigenvalue weighted by atomic mass is 35.5. The molecule has 0 aliphatic rings. The van der Waals surface area contributed by atoms with E-state index in [2.05, 4.69) is 15.4 Å². The molecule has 2 rings (SSSR count). The molecule has 1 aromatic carbocycles. The van der Waals surface area contributed by atoms with E-state index in [-0.39, 0.29) is 6.42 Å². The fraction of sp³-hybridized carbons (Fsp3) is 0.308. The highest BCUT2D eigenvalue weighted by molar-refractivity contribution is 6.32. The van der Waals surface area contributed by atoms with E-state index in [0.29, 0.717) is 10.8 Å². The van der Waals surface area contributed by atoms with Gasteiger partial charge in [-0.05, 0) is 18.6 Å². The number of rotatable bonds is 5. The zero-order chi connectivity index (χ0) is 17.0. The summed E-state index contributed by atoms with van der Waals surface area (Å²) in [6.07, 6.45) is -5.36. The smallest absolute Gasteiger partial charge is 0.451 e. The summed E-state index contributed by atoms with van der Waals surface area (Å²) in [7, 11) is 0. The predicted octanol–water partition coefficient (Wildman–Crippen LogP) is 3.27. The molecule has 0 aliphatic carbocycles. The number of aromatic nitrogens is 3. The molecule has 0 saturated carbocycles.